The number of anilines is 1. The molecule has 1 aliphatic carbocycles. The number of H-pyrrole nitrogens is 1. The van der Waals surface area contributed by atoms with Gasteiger partial charge in [-0.05, 0) is 31.0 Å². The minimum Gasteiger partial charge on any atom is -0.378 e. The first kappa shape index (κ1) is 14.7. The third kappa shape index (κ3) is 2.96. The highest BCUT2D eigenvalue weighted by Gasteiger charge is 2.35. The molecule has 2 fully saturated rings. The molecule has 23 heavy (non-hydrogen) atoms. The van der Waals surface area contributed by atoms with Gasteiger partial charge in [-0.3, -0.25) is 14.8 Å². The van der Waals surface area contributed by atoms with Crippen LogP contribution in [-0.2, 0) is 9.53 Å². The summed E-state index contributed by atoms with van der Waals surface area (Å²) in [6, 6.07) is 6.13. The van der Waals surface area contributed by atoms with E-state index in [-0.39, 0.29) is 11.9 Å². The fraction of sp³-hybridized carbons (Fsp3) is 0.529. The topological polar surface area (TPSA) is 70.2 Å². The van der Waals surface area contributed by atoms with Crippen LogP contribution >= 0.6 is 0 Å². The van der Waals surface area contributed by atoms with E-state index in [4.69, 9.17) is 4.74 Å². The van der Waals surface area contributed by atoms with Gasteiger partial charge < -0.3 is 10.1 Å². The average Bonchev–Trinajstić information content (AvgIpc) is 3.26. The first-order valence-electron chi connectivity index (χ1n) is 8.39. The number of aromatic amines is 1. The summed E-state index contributed by atoms with van der Waals surface area (Å²) in [6.07, 6.45) is 6.70. The van der Waals surface area contributed by atoms with E-state index in [9.17, 15) is 4.79 Å². The predicted octanol–water partition coefficient (Wildman–Crippen LogP) is 2.14. The fourth-order valence-electron chi connectivity index (χ4n) is 3.76. The van der Waals surface area contributed by atoms with Crippen LogP contribution in [0.3, 0.4) is 0 Å². The van der Waals surface area contributed by atoms with Gasteiger partial charge in [0.2, 0.25) is 5.91 Å². The van der Waals surface area contributed by atoms with E-state index < -0.39 is 0 Å². The Bertz CT molecular complexity index is 693. The summed E-state index contributed by atoms with van der Waals surface area (Å²) in [6.45, 7) is 2.06. The third-order valence-electron chi connectivity index (χ3n) is 4.97. The summed E-state index contributed by atoms with van der Waals surface area (Å²) in [4.78, 5) is 15.1. The molecule has 2 heterocycles. The molecule has 122 valence electrons. The van der Waals surface area contributed by atoms with E-state index >= 15 is 0 Å². The van der Waals surface area contributed by atoms with Crippen LogP contribution < -0.4 is 5.32 Å². The number of ether oxygens (including phenoxy) is 1. The van der Waals surface area contributed by atoms with Gasteiger partial charge in [-0.25, -0.2) is 0 Å². The molecule has 2 aromatic rings. The number of benzene rings is 1. The molecule has 2 N–H and O–H groups in total. The summed E-state index contributed by atoms with van der Waals surface area (Å²) in [5, 5.41) is 11.0. The van der Waals surface area contributed by atoms with E-state index in [1.807, 2.05) is 18.2 Å². The molecule has 6 nitrogen and oxygen atoms in total. The molecule has 0 bridgehead atoms. The summed E-state index contributed by atoms with van der Waals surface area (Å²) < 4.78 is 5.57. The van der Waals surface area contributed by atoms with Gasteiger partial charge in [-0.2, -0.15) is 5.10 Å². The summed E-state index contributed by atoms with van der Waals surface area (Å²) in [5.74, 6) is 0.0273. The van der Waals surface area contributed by atoms with Gasteiger partial charge >= 0.3 is 0 Å². The summed E-state index contributed by atoms with van der Waals surface area (Å²) in [7, 11) is 0. The average molecular weight is 314 g/mol. The molecule has 1 aromatic heterocycles. The second-order valence-electron chi connectivity index (χ2n) is 6.43. The molecule has 1 saturated heterocycles. The Morgan fingerprint density at radius 1 is 1.35 bits per heavy atom. The Morgan fingerprint density at radius 3 is 3.09 bits per heavy atom. The maximum atomic E-state index is 12.8. The molecule has 1 atom stereocenters. The molecule has 1 saturated carbocycles. The molecule has 1 amide bonds. The van der Waals surface area contributed by atoms with E-state index in [0.29, 0.717) is 12.6 Å². The Balaban J connectivity index is 1.49. The molecule has 2 aliphatic rings. The van der Waals surface area contributed by atoms with Gasteiger partial charge in [0.25, 0.3) is 0 Å². The highest BCUT2D eigenvalue weighted by Crippen LogP contribution is 2.27. The number of rotatable bonds is 3. The number of aromatic nitrogens is 2. The van der Waals surface area contributed by atoms with Gasteiger partial charge in [0.1, 0.15) is 6.04 Å². The lowest BCUT2D eigenvalue weighted by molar-refractivity contribution is -0.129. The van der Waals surface area contributed by atoms with Crippen LogP contribution in [0.25, 0.3) is 10.9 Å². The SMILES string of the molecule is O=C(Nc1ccc2[nH]ncc2c1)C1COCCN1C1CCCC1. The first-order valence-corrected chi connectivity index (χ1v) is 8.39. The second kappa shape index (κ2) is 6.29. The Kier molecular flexibility index (Phi) is 4.01. The molecular weight excluding hydrogens is 292 g/mol. The molecule has 0 radical (unpaired) electrons. The largest absolute Gasteiger partial charge is 0.378 e. The van der Waals surface area contributed by atoms with Crippen molar-refractivity contribution in [2.45, 2.75) is 37.8 Å². The molecule has 6 heteroatoms. The number of fused-ring (bicyclic) bond motifs is 1. The molecule has 0 spiro atoms. The lowest BCUT2D eigenvalue weighted by Crippen LogP contribution is -2.55. The number of carbonyl (C=O) groups excluding carboxylic acids is 1. The second-order valence-corrected chi connectivity index (χ2v) is 6.43. The molecule has 4 rings (SSSR count). The van der Waals surface area contributed by atoms with Gasteiger partial charge in [-0.15, -0.1) is 0 Å². The highest BCUT2D eigenvalue weighted by molar-refractivity contribution is 5.96. The van der Waals surface area contributed by atoms with Crippen molar-refractivity contribution < 1.29 is 9.53 Å². The predicted molar refractivity (Wildman–Crippen MR) is 88.3 cm³/mol. The lowest BCUT2D eigenvalue weighted by atomic mass is 10.1. The third-order valence-corrected chi connectivity index (χ3v) is 4.97. The molecular formula is C17H22N4O2. The fourth-order valence-corrected chi connectivity index (χ4v) is 3.76. The summed E-state index contributed by atoms with van der Waals surface area (Å²) >= 11 is 0. The zero-order valence-corrected chi connectivity index (χ0v) is 13.1. The van der Waals surface area contributed by atoms with E-state index in [2.05, 4.69) is 20.4 Å². The van der Waals surface area contributed by atoms with Crippen molar-refractivity contribution in [3.05, 3.63) is 24.4 Å². The molecule has 1 unspecified atom stereocenters. The number of hydrogen-bond donors (Lipinski definition) is 2. The normalized spacial score (nSPS) is 23.4. The number of hydrogen-bond acceptors (Lipinski definition) is 4. The van der Waals surface area contributed by atoms with Crippen molar-refractivity contribution in [1.82, 2.24) is 15.1 Å². The van der Waals surface area contributed by atoms with Crippen molar-refractivity contribution in [3.8, 4) is 0 Å². The van der Waals surface area contributed by atoms with Crippen molar-refractivity contribution in [1.29, 1.82) is 0 Å². The maximum Gasteiger partial charge on any atom is 0.244 e. The number of nitrogens with zero attached hydrogens (tertiary/aromatic N) is 2. The van der Waals surface area contributed by atoms with Gasteiger partial charge in [-0.1, -0.05) is 12.8 Å². The van der Waals surface area contributed by atoms with Gasteiger partial charge in [0.15, 0.2) is 0 Å². The monoisotopic (exact) mass is 314 g/mol. The Hall–Kier alpha value is -1.92. The van der Waals surface area contributed by atoms with Crippen LogP contribution in [0, 0.1) is 0 Å². The van der Waals surface area contributed by atoms with Crippen molar-refractivity contribution in [3.63, 3.8) is 0 Å². The van der Waals surface area contributed by atoms with Crippen LogP contribution in [0.5, 0.6) is 0 Å². The van der Waals surface area contributed by atoms with Gasteiger partial charge in [0, 0.05) is 23.7 Å². The van der Waals surface area contributed by atoms with Crippen LogP contribution in [0.15, 0.2) is 24.4 Å². The number of morpholine rings is 1. The number of nitrogens with one attached hydrogen (secondary N) is 2. The van der Waals surface area contributed by atoms with Crippen LogP contribution in [0.4, 0.5) is 5.69 Å². The van der Waals surface area contributed by atoms with Crippen LogP contribution in [0.1, 0.15) is 25.7 Å². The van der Waals surface area contributed by atoms with E-state index in [0.717, 1.165) is 29.7 Å². The number of amides is 1. The van der Waals surface area contributed by atoms with Crippen molar-refractivity contribution in [2.75, 3.05) is 25.1 Å². The van der Waals surface area contributed by atoms with Crippen LogP contribution in [0.2, 0.25) is 0 Å². The highest BCUT2D eigenvalue weighted by atomic mass is 16.5. The number of carbonyl (C=O) groups is 1. The van der Waals surface area contributed by atoms with Crippen LogP contribution in [-0.4, -0.2) is 52.8 Å². The first-order chi connectivity index (χ1) is 11.3. The van der Waals surface area contributed by atoms with Gasteiger partial charge in [0.05, 0.1) is 24.9 Å². The maximum absolute atomic E-state index is 12.8. The van der Waals surface area contributed by atoms with E-state index in [1.54, 1.807) is 6.20 Å². The Labute approximate surface area is 135 Å². The quantitative estimate of drug-likeness (QED) is 0.910. The zero-order valence-electron chi connectivity index (χ0n) is 13.1. The minimum atomic E-state index is -0.188. The smallest absolute Gasteiger partial charge is 0.244 e. The molecule has 1 aromatic carbocycles. The van der Waals surface area contributed by atoms with E-state index in [1.165, 1.54) is 25.7 Å². The van der Waals surface area contributed by atoms with Crippen molar-refractivity contribution in [2.24, 2.45) is 0 Å². The molecule has 1 aliphatic heterocycles. The Morgan fingerprint density at radius 2 is 2.22 bits per heavy atom. The minimum absolute atomic E-state index is 0.0273. The van der Waals surface area contributed by atoms with Crippen molar-refractivity contribution >= 4 is 22.5 Å². The zero-order chi connectivity index (χ0) is 15.6. The lowest BCUT2D eigenvalue weighted by Gasteiger charge is -2.38. The summed E-state index contributed by atoms with van der Waals surface area (Å²) in [5.41, 5.74) is 1.78. The standard InChI is InChI=1S/C17H22N4O2/c22-17(19-13-5-6-15-12(9-13)10-18-20-15)16-11-23-8-7-21(16)14-3-1-2-4-14/h5-6,9-10,14,16H,1-4,7-8,11H2,(H,18,20)(H,19,22).